The van der Waals surface area contributed by atoms with Gasteiger partial charge in [-0.3, -0.25) is 0 Å². The Morgan fingerprint density at radius 1 is 1.04 bits per heavy atom. The van der Waals surface area contributed by atoms with Crippen LogP contribution in [0.4, 0.5) is 4.79 Å². The van der Waals surface area contributed by atoms with E-state index < -0.39 is 0 Å². The fourth-order valence-electron chi connectivity index (χ4n) is 3.20. The number of nitrogens with one attached hydrogen (secondary N) is 1. The van der Waals surface area contributed by atoms with Crippen molar-refractivity contribution in [2.75, 3.05) is 7.05 Å². The molecule has 0 aliphatic rings. The third-order valence-corrected chi connectivity index (χ3v) is 5.34. The van der Waals surface area contributed by atoms with Gasteiger partial charge in [0.2, 0.25) is 0 Å². The number of hydrogen-bond donors (Lipinski definition) is 1. The van der Waals surface area contributed by atoms with Gasteiger partial charge < -0.3 is 10.2 Å². The molecule has 2 amide bonds. The lowest BCUT2D eigenvalue weighted by Crippen LogP contribution is -2.50. The summed E-state index contributed by atoms with van der Waals surface area (Å²) in [5.74, 6) is 0. The number of carbonyl (C=O) groups excluding carboxylic acids is 1. The van der Waals surface area contributed by atoms with Gasteiger partial charge in [0.15, 0.2) is 0 Å². The monoisotopic (exact) mass is 338 g/mol. The maximum absolute atomic E-state index is 12.9. The quantitative estimate of drug-likeness (QED) is 0.750. The number of nitrogens with zero attached hydrogens (tertiary/aromatic N) is 1. The van der Waals surface area contributed by atoms with Crippen LogP contribution in [-0.4, -0.2) is 18.0 Å². The Bertz CT molecular complexity index is 675. The predicted molar refractivity (Wildman–Crippen MR) is 105 cm³/mol. The number of amides is 2. The Labute approximate surface area is 152 Å². The van der Waals surface area contributed by atoms with Crippen molar-refractivity contribution in [3.63, 3.8) is 0 Å². The summed E-state index contributed by atoms with van der Waals surface area (Å²) in [6.45, 7) is 8.38. The zero-order valence-electron chi connectivity index (χ0n) is 16.0. The smallest absolute Gasteiger partial charge is 0.318 e. The number of carbonyl (C=O) groups is 1. The van der Waals surface area contributed by atoms with Crippen LogP contribution < -0.4 is 5.32 Å². The molecule has 134 valence electrons. The number of aryl methyl sites for hydroxylation is 1. The third kappa shape index (κ3) is 4.22. The molecule has 0 saturated heterocycles. The van der Waals surface area contributed by atoms with E-state index in [0.717, 1.165) is 24.0 Å². The van der Waals surface area contributed by atoms with Gasteiger partial charge in [-0.2, -0.15) is 0 Å². The van der Waals surface area contributed by atoms with E-state index in [1.54, 1.807) is 4.90 Å². The Morgan fingerprint density at radius 2 is 1.60 bits per heavy atom. The lowest BCUT2D eigenvalue weighted by Gasteiger charge is -2.36. The highest BCUT2D eigenvalue weighted by Gasteiger charge is 2.32. The number of urea groups is 1. The van der Waals surface area contributed by atoms with Crippen molar-refractivity contribution < 1.29 is 4.79 Å². The molecule has 0 aliphatic carbocycles. The Balaban J connectivity index is 2.19. The first-order chi connectivity index (χ1) is 11.9. The normalized spacial score (nSPS) is 12.5. The van der Waals surface area contributed by atoms with Gasteiger partial charge in [0.05, 0.1) is 11.6 Å². The minimum Gasteiger partial charge on any atom is -0.328 e. The maximum atomic E-state index is 12.9. The molecule has 1 atom stereocenters. The zero-order valence-corrected chi connectivity index (χ0v) is 16.0. The molecule has 3 heteroatoms. The molecule has 25 heavy (non-hydrogen) atoms. The van der Waals surface area contributed by atoms with Gasteiger partial charge in [0.1, 0.15) is 0 Å². The average Bonchev–Trinajstić information content (AvgIpc) is 2.66. The Kier molecular flexibility index (Phi) is 6.24. The van der Waals surface area contributed by atoms with E-state index in [0.29, 0.717) is 0 Å². The summed E-state index contributed by atoms with van der Waals surface area (Å²) in [6, 6.07) is 18.6. The molecular weight excluding hydrogens is 308 g/mol. The summed E-state index contributed by atoms with van der Waals surface area (Å²) in [7, 11) is 1.86. The summed E-state index contributed by atoms with van der Waals surface area (Å²) in [5, 5.41) is 3.29. The molecule has 1 unspecified atom stereocenters. The minimum atomic E-state index is -0.334. The highest BCUT2D eigenvalue weighted by Crippen LogP contribution is 2.29. The van der Waals surface area contributed by atoms with Crippen molar-refractivity contribution in [3.05, 3.63) is 71.3 Å². The van der Waals surface area contributed by atoms with Crippen LogP contribution in [0.2, 0.25) is 0 Å². The number of benzene rings is 2. The van der Waals surface area contributed by atoms with Gasteiger partial charge in [-0.15, -0.1) is 0 Å². The summed E-state index contributed by atoms with van der Waals surface area (Å²) >= 11 is 0. The van der Waals surface area contributed by atoms with Crippen molar-refractivity contribution in [1.29, 1.82) is 0 Å². The third-order valence-electron chi connectivity index (χ3n) is 5.34. The van der Waals surface area contributed by atoms with Gasteiger partial charge in [-0.1, -0.05) is 74.0 Å². The lowest BCUT2D eigenvalue weighted by molar-refractivity contribution is 0.175. The summed E-state index contributed by atoms with van der Waals surface area (Å²) in [6.07, 6.45) is 1.71. The van der Waals surface area contributed by atoms with Crippen LogP contribution in [0.3, 0.4) is 0 Å². The molecule has 0 spiro atoms. The molecule has 2 aromatic rings. The van der Waals surface area contributed by atoms with Crippen molar-refractivity contribution in [3.8, 4) is 0 Å². The molecule has 0 heterocycles. The molecule has 0 aromatic heterocycles. The highest BCUT2D eigenvalue weighted by molar-refractivity contribution is 5.75. The van der Waals surface area contributed by atoms with Gasteiger partial charge >= 0.3 is 6.03 Å². The average molecular weight is 338 g/mol. The first-order valence-corrected chi connectivity index (χ1v) is 9.10. The van der Waals surface area contributed by atoms with Crippen molar-refractivity contribution >= 4 is 6.03 Å². The molecule has 0 saturated carbocycles. The highest BCUT2D eigenvalue weighted by atomic mass is 16.2. The van der Waals surface area contributed by atoms with Crippen LogP contribution in [0.25, 0.3) is 0 Å². The van der Waals surface area contributed by atoms with Crippen LogP contribution in [0, 0.1) is 6.92 Å². The van der Waals surface area contributed by atoms with Gasteiger partial charge in [-0.05, 0) is 37.8 Å². The van der Waals surface area contributed by atoms with E-state index in [4.69, 9.17) is 0 Å². The molecule has 2 rings (SSSR count). The molecule has 0 fully saturated rings. The van der Waals surface area contributed by atoms with Gasteiger partial charge in [0, 0.05) is 7.05 Å². The van der Waals surface area contributed by atoms with Gasteiger partial charge in [0.25, 0.3) is 0 Å². The molecule has 1 N–H and O–H groups in total. The topological polar surface area (TPSA) is 32.3 Å². The largest absolute Gasteiger partial charge is 0.328 e. The molecular formula is C22H30N2O. The van der Waals surface area contributed by atoms with E-state index in [1.807, 2.05) is 25.2 Å². The van der Waals surface area contributed by atoms with Crippen molar-refractivity contribution in [1.82, 2.24) is 10.2 Å². The lowest BCUT2D eigenvalue weighted by atomic mass is 9.85. The zero-order chi connectivity index (χ0) is 18.4. The van der Waals surface area contributed by atoms with Crippen molar-refractivity contribution in [2.24, 2.45) is 0 Å². The fourth-order valence-corrected chi connectivity index (χ4v) is 3.20. The summed E-state index contributed by atoms with van der Waals surface area (Å²) < 4.78 is 0. The Hall–Kier alpha value is -2.29. The summed E-state index contributed by atoms with van der Waals surface area (Å²) in [5.41, 5.74) is 3.19. The van der Waals surface area contributed by atoms with Crippen LogP contribution in [0.1, 0.15) is 56.3 Å². The maximum Gasteiger partial charge on any atom is 0.318 e. The first kappa shape index (κ1) is 19.0. The standard InChI is InChI=1S/C22H30N2O/c1-6-22(7-2,20-11-9-8-10-12-20)23-21(25)24(5)18(4)19-15-13-17(3)14-16-19/h8-16,18H,6-7H2,1-5H3,(H,23,25). The van der Waals surface area contributed by atoms with Crippen LogP contribution in [-0.2, 0) is 5.54 Å². The van der Waals surface area contributed by atoms with E-state index in [9.17, 15) is 4.79 Å². The molecule has 2 aromatic carbocycles. The minimum absolute atomic E-state index is 0.0165. The predicted octanol–water partition coefficient (Wildman–Crippen LogP) is 5.41. The Morgan fingerprint density at radius 3 is 2.12 bits per heavy atom. The van der Waals surface area contributed by atoms with E-state index in [2.05, 4.69) is 69.4 Å². The van der Waals surface area contributed by atoms with E-state index >= 15 is 0 Å². The molecule has 3 nitrogen and oxygen atoms in total. The van der Waals surface area contributed by atoms with Gasteiger partial charge in [-0.25, -0.2) is 4.79 Å². The SMILES string of the molecule is CCC(CC)(NC(=O)N(C)C(C)c1ccc(C)cc1)c1ccccc1. The van der Waals surface area contributed by atoms with E-state index in [-0.39, 0.29) is 17.6 Å². The number of rotatable bonds is 6. The summed E-state index contributed by atoms with van der Waals surface area (Å²) in [4.78, 5) is 14.7. The van der Waals surface area contributed by atoms with Crippen molar-refractivity contribution in [2.45, 2.75) is 52.1 Å². The first-order valence-electron chi connectivity index (χ1n) is 9.10. The molecule has 0 bridgehead atoms. The second-order valence-corrected chi connectivity index (χ2v) is 6.78. The van der Waals surface area contributed by atoms with Crippen LogP contribution in [0.5, 0.6) is 0 Å². The fraction of sp³-hybridized carbons (Fsp3) is 0.409. The second kappa shape index (κ2) is 8.19. The number of hydrogen-bond acceptors (Lipinski definition) is 1. The molecule has 0 radical (unpaired) electrons. The second-order valence-electron chi connectivity index (χ2n) is 6.78. The van der Waals surface area contributed by atoms with E-state index in [1.165, 1.54) is 5.56 Å². The molecule has 0 aliphatic heterocycles. The van der Waals surface area contributed by atoms with Crippen LogP contribution >= 0.6 is 0 Å². The van der Waals surface area contributed by atoms with Crippen LogP contribution in [0.15, 0.2) is 54.6 Å².